The van der Waals surface area contributed by atoms with Gasteiger partial charge in [-0.25, -0.2) is 5.43 Å². The van der Waals surface area contributed by atoms with E-state index in [1.165, 1.54) is 39.7 Å². The van der Waals surface area contributed by atoms with E-state index < -0.39 is 11.8 Å². The predicted octanol–water partition coefficient (Wildman–Crippen LogP) is 2.90. The fourth-order valence-corrected chi connectivity index (χ4v) is 2.75. The Hall–Kier alpha value is -2.97. The second kappa shape index (κ2) is 10.5. The van der Waals surface area contributed by atoms with E-state index in [4.69, 9.17) is 37.4 Å². The van der Waals surface area contributed by atoms with Crippen molar-refractivity contribution in [2.45, 2.75) is 0 Å². The minimum atomic E-state index is -0.521. The highest BCUT2D eigenvalue weighted by molar-refractivity contribution is 6.36. The fourth-order valence-electron chi connectivity index (χ4n) is 2.29. The van der Waals surface area contributed by atoms with Crippen molar-refractivity contribution in [3.63, 3.8) is 0 Å². The molecule has 154 valence electrons. The quantitative estimate of drug-likeness (QED) is 0.486. The van der Waals surface area contributed by atoms with Crippen molar-refractivity contribution in [1.29, 1.82) is 0 Å². The van der Waals surface area contributed by atoms with Gasteiger partial charge in [-0.2, -0.15) is 5.10 Å². The van der Waals surface area contributed by atoms with Crippen LogP contribution in [-0.4, -0.2) is 45.9 Å². The fraction of sp³-hybridized carbons (Fsp3) is 0.211. The summed E-state index contributed by atoms with van der Waals surface area (Å²) in [4.78, 5) is 24.2. The van der Waals surface area contributed by atoms with Crippen molar-refractivity contribution in [2.24, 2.45) is 5.10 Å². The highest BCUT2D eigenvalue weighted by Gasteiger charge is 2.17. The molecular formula is C19H19Cl2N3O5. The lowest BCUT2D eigenvalue weighted by atomic mass is 10.1. The maximum absolute atomic E-state index is 12.3. The van der Waals surface area contributed by atoms with Crippen LogP contribution in [0.3, 0.4) is 0 Å². The smallest absolute Gasteiger partial charge is 0.259 e. The summed E-state index contributed by atoms with van der Waals surface area (Å²) in [7, 11) is 4.34. The molecule has 10 heteroatoms. The molecule has 2 N–H and O–H groups in total. The van der Waals surface area contributed by atoms with E-state index >= 15 is 0 Å². The Bertz CT molecular complexity index is 909. The Morgan fingerprint density at radius 3 is 2.24 bits per heavy atom. The molecule has 2 aromatic rings. The first-order valence-electron chi connectivity index (χ1n) is 8.24. The van der Waals surface area contributed by atoms with E-state index in [9.17, 15) is 9.59 Å². The topological polar surface area (TPSA) is 98.2 Å². The Morgan fingerprint density at radius 2 is 1.69 bits per heavy atom. The number of halogens is 2. The van der Waals surface area contributed by atoms with Crippen LogP contribution in [0.4, 0.5) is 0 Å². The number of hydrogen-bond donors (Lipinski definition) is 2. The molecule has 2 rings (SSSR count). The van der Waals surface area contributed by atoms with Crippen molar-refractivity contribution in [3.05, 3.63) is 51.5 Å². The maximum atomic E-state index is 12.3. The lowest BCUT2D eigenvalue weighted by Crippen LogP contribution is -2.35. The van der Waals surface area contributed by atoms with Gasteiger partial charge < -0.3 is 19.5 Å². The minimum Gasteiger partial charge on any atom is -0.493 e. The Labute approximate surface area is 177 Å². The van der Waals surface area contributed by atoms with Gasteiger partial charge in [0.05, 0.1) is 39.1 Å². The molecule has 0 bridgehead atoms. The molecular weight excluding hydrogens is 421 g/mol. The number of hydrazone groups is 1. The van der Waals surface area contributed by atoms with E-state index in [0.29, 0.717) is 32.9 Å². The zero-order valence-electron chi connectivity index (χ0n) is 15.9. The second-order valence-corrected chi connectivity index (χ2v) is 6.40. The molecule has 0 aromatic heterocycles. The third-order valence-corrected chi connectivity index (χ3v) is 4.25. The van der Waals surface area contributed by atoms with Gasteiger partial charge in [0.15, 0.2) is 11.5 Å². The Balaban J connectivity index is 1.96. The molecule has 2 amide bonds. The van der Waals surface area contributed by atoms with Crippen molar-refractivity contribution < 1.29 is 23.8 Å². The molecule has 0 radical (unpaired) electrons. The zero-order valence-corrected chi connectivity index (χ0v) is 17.4. The molecule has 0 spiro atoms. The van der Waals surface area contributed by atoms with Crippen molar-refractivity contribution in [1.82, 2.24) is 10.7 Å². The SMILES string of the molecule is COc1cc(C(=O)NCC(=O)NN=Cc2ccc(Cl)cc2Cl)cc(OC)c1OC. The number of ether oxygens (including phenoxy) is 3. The van der Waals surface area contributed by atoms with Crippen LogP contribution in [0.5, 0.6) is 17.2 Å². The summed E-state index contributed by atoms with van der Waals surface area (Å²) < 4.78 is 15.6. The molecule has 0 atom stereocenters. The zero-order chi connectivity index (χ0) is 21.4. The van der Waals surface area contributed by atoms with Gasteiger partial charge in [0, 0.05) is 16.1 Å². The number of methoxy groups -OCH3 is 3. The average Bonchev–Trinajstić information content (AvgIpc) is 2.72. The van der Waals surface area contributed by atoms with E-state index in [1.807, 2.05) is 0 Å². The normalized spacial score (nSPS) is 10.5. The summed E-state index contributed by atoms with van der Waals surface area (Å²) in [5.41, 5.74) is 3.12. The molecule has 29 heavy (non-hydrogen) atoms. The van der Waals surface area contributed by atoms with Gasteiger partial charge in [0.1, 0.15) is 0 Å². The van der Waals surface area contributed by atoms with Crippen LogP contribution in [0.15, 0.2) is 35.4 Å². The molecule has 0 aliphatic heterocycles. The highest BCUT2D eigenvalue weighted by Crippen LogP contribution is 2.38. The lowest BCUT2D eigenvalue weighted by Gasteiger charge is -2.14. The van der Waals surface area contributed by atoms with Crippen LogP contribution in [0.2, 0.25) is 10.0 Å². The standard InChI is InChI=1S/C19H19Cl2N3O5/c1-27-15-6-12(7-16(28-2)18(15)29-3)19(26)22-10-17(25)24-23-9-11-4-5-13(20)8-14(11)21/h4-9H,10H2,1-3H3,(H,22,26)(H,24,25). The van der Waals surface area contributed by atoms with Gasteiger partial charge in [-0.3, -0.25) is 9.59 Å². The first kappa shape index (κ1) is 22.3. The third kappa shape index (κ3) is 6.00. The molecule has 2 aromatic carbocycles. The number of carbonyl (C=O) groups excluding carboxylic acids is 2. The molecule has 0 heterocycles. The molecule has 0 aliphatic carbocycles. The number of carbonyl (C=O) groups is 2. The van der Waals surface area contributed by atoms with E-state index in [0.717, 1.165) is 0 Å². The molecule has 8 nitrogen and oxygen atoms in total. The first-order valence-corrected chi connectivity index (χ1v) is 9.00. The second-order valence-electron chi connectivity index (χ2n) is 5.56. The van der Waals surface area contributed by atoms with E-state index in [2.05, 4.69) is 15.8 Å². The number of nitrogens with one attached hydrogen (secondary N) is 2. The summed E-state index contributed by atoms with van der Waals surface area (Å²) in [5.74, 6) is -0.00691. The number of hydrogen-bond acceptors (Lipinski definition) is 6. The summed E-state index contributed by atoms with van der Waals surface area (Å²) in [6.45, 7) is -0.290. The monoisotopic (exact) mass is 439 g/mol. The van der Waals surface area contributed by atoms with E-state index in [-0.39, 0.29) is 12.1 Å². The average molecular weight is 440 g/mol. The number of rotatable bonds is 8. The van der Waals surface area contributed by atoms with Crippen LogP contribution in [0, 0.1) is 0 Å². The maximum Gasteiger partial charge on any atom is 0.259 e. The summed E-state index contributed by atoms with van der Waals surface area (Å²) in [6.07, 6.45) is 1.37. The number of amides is 2. The van der Waals surface area contributed by atoms with Gasteiger partial charge in [-0.1, -0.05) is 29.3 Å². The Morgan fingerprint density at radius 1 is 1.03 bits per heavy atom. The summed E-state index contributed by atoms with van der Waals surface area (Å²) in [6, 6.07) is 7.83. The third-order valence-electron chi connectivity index (χ3n) is 3.69. The molecule has 0 aliphatic rings. The predicted molar refractivity (Wildman–Crippen MR) is 111 cm³/mol. The van der Waals surface area contributed by atoms with Gasteiger partial charge in [-0.15, -0.1) is 0 Å². The summed E-state index contributed by atoms with van der Waals surface area (Å²) >= 11 is 11.8. The first-order chi connectivity index (χ1) is 13.9. The molecule has 0 saturated heterocycles. The number of benzene rings is 2. The highest BCUT2D eigenvalue weighted by atomic mass is 35.5. The summed E-state index contributed by atoms with van der Waals surface area (Å²) in [5, 5.41) is 7.17. The van der Waals surface area contributed by atoms with Crippen LogP contribution in [0.1, 0.15) is 15.9 Å². The molecule has 0 fully saturated rings. The van der Waals surface area contributed by atoms with Crippen LogP contribution in [-0.2, 0) is 4.79 Å². The largest absolute Gasteiger partial charge is 0.493 e. The van der Waals surface area contributed by atoms with Crippen molar-refractivity contribution in [3.8, 4) is 17.2 Å². The van der Waals surface area contributed by atoms with Gasteiger partial charge in [-0.05, 0) is 24.3 Å². The van der Waals surface area contributed by atoms with Crippen LogP contribution in [0.25, 0.3) is 0 Å². The van der Waals surface area contributed by atoms with E-state index in [1.54, 1.807) is 18.2 Å². The van der Waals surface area contributed by atoms with Gasteiger partial charge in [0.25, 0.3) is 11.8 Å². The van der Waals surface area contributed by atoms with Crippen molar-refractivity contribution >= 4 is 41.2 Å². The number of nitrogens with zero attached hydrogens (tertiary/aromatic N) is 1. The van der Waals surface area contributed by atoms with Crippen LogP contribution >= 0.6 is 23.2 Å². The lowest BCUT2D eigenvalue weighted by molar-refractivity contribution is -0.120. The van der Waals surface area contributed by atoms with Gasteiger partial charge >= 0.3 is 0 Å². The van der Waals surface area contributed by atoms with Crippen LogP contribution < -0.4 is 25.0 Å². The minimum absolute atomic E-state index is 0.240. The van der Waals surface area contributed by atoms with Crippen molar-refractivity contribution in [2.75, 3.05) is 27.9 Å². The Kier molecular flexibility index (Phi) is 8.11. The molecule has 0 saturated carbocycles. The van der Waals surface area contributed by atoms with Gasteiger partial charge in [0.2, 0.25) is 5.75 Å². The molecule has 0 unspecified atom stereocenters.